The third kappa shape index (κ3) is 3.82. The summed E-state index contributed by atoms with van der Waals surface area (Å²) in [5.74, 6) is 8.09. The third-order valence-corrected chi connectivity index (χ3v) is 10.8. The maximum Gasteiger partial charge on any atom is 0.148 e. The monoisotopic (exact) mass is 512 g/mol. The summed E-state index contributed by atoms with van der Waals surface area (Å²) in [7, 11) is 0. The fourth-order valence-electron chi connectivity index (χ4n) is 9.01. The van der Waals surface area contributed by atoms with Gasteiger partial charge in [0.25, 0.3) is 0 Å². The Hall–Kier alpha value is -2.71. The minimum Gasteiger partial charge on any atom is -0.378 e. The number of anilines is 1. The molecule has 0 spiro atoms. The lowest BCUT2D eigenvalue weighted by molar-refractivity contribution is -0.130. The van der Waals surface area contributed by atoms with Crippen molar-refractivity contribution in [3.63, 3.8) is 0 Å². The lowest BCUT2D eigenvalue weighted by atomic mass is 9.48. The summed E-state index contributed by atoms with van der Waals surface area (Å²) < 4.78 is 5.56. The van der Waals surface area contributed by atoms with E-state index in [9.17, 15) is 9.70 Å². The first-order valence-corrected chi connectivity index (χ1v) is 14.6. The van der Waals surface area contributed by atoms with Crippen LogP contribution in [0.1, 0.15) is 77.2 Å². The third-order valence-electron chi connectivity index (χ3n) is 10.8. The van der Waals surface area contributed by atoms with Gasteiger partial charge in [0.1, 0.15) is 11.8 Å². The molecule has 0 radical (unpaired) electrons. The number of benzene rings is 1. The summed E-state index contributed by atoms with van der Waals surface area (Å²) in [5, 5.41) is 3.38. The highest BCUT2D eigenvalue weighted by Gasteiger charge is 2.64. The van der Waals surface area contributed by atoms with Crippen molar-refractivity contribution in [3.8, 4) is 11.8 Å². The normalized spacial score (nSPS) is 36.3. The molecule has 0 bridgehead atoms. The Morgan fingerprint density at radius 2 is 1.87 bits per heavy atom. The van der Waals surface area contributed by atoms with E-state index in [-0.39, 0.29) is 23.2 Å². The Balaban J connectivity index is 1.47. The standard InChI is InChI=1S/C33H40N2O3/c1-4-14-33(22(2)36)15-13-30-28-11-7-24-20-25(34-37)8-12-27(24)31(28)29(21-32(30,33)3)23-5-9-26(10-6-23)35-16-18-38-19-17-35/h5-6,9-10,20,25,28-30H,7-8,11-13,15-19,21H2,1-3H3/t25?,28-,29?,30-,32-,33+/m0/s1. The van der Waals surface area contributed by atoms with Gasteiger partial charge in [0.15, 0.2) is 0 Å². The maximum atomic E-state index is 13.4. The molecule has 3 fully saturated rings. The van der Waals surface area contributed by atoms with Crippen LogP contribution >= 0.6 is 0 Å². The highest BCUT2D eigenvalue weighted by molar-refractivity contribution is 5.87. The van der Waals surface area contributed by atoms with Crippen molar-refractivity contribution in [2.75, 3.05) is 31.2 Å². The van der Waals surface area contributed by atoms with Crippen LogP contribution < -0.4 is 4.90 Å². The van der Waals surface area contributed by atoms with Gasteiger partial charge < -0.3 is 9.64 Å². The predicted molar refractivity (Wildman–Crippen MR) is 151 cm³/mol. The van der Waals surface area contributed by atoms with Crippen molar-refractivity contribution in [3.05, 3.63) is 57.5 Å². The number of nitroso groups, excluding NO2 is 1. The van der Waals surface area contributed by atoms with Crippen molar-refractivity contribution < 1.29 is 9.53 Å². The van der Waals surface area contributed by atoms with Gasteiger partial charge in [-0.15, -0.1) is 5.92 Å². The number of ketones is 1. The van der Waals surface area contributed by atoms with Gasteiger partial charge >= 0.3 is 0 Å². The minimum atomic E-state index is -0.566. The van der Waals surface area contributed by atoms with Gasteiger partial charge in [0.05, 0.1) is 18.6 Å². The van der Waals surface area contributed by atoms with Crippen molar-refractivity contribution >= 4 is 11.5 Å². The first kappa shape index (κ1) is 25.6. The van der Waals surface area contributed by atoms with Crippen LogP contribution in [0, 0.1) is 39.4 Å². The van der Waals surface area contributed by atoms with Gasteiger partial charge in [-0.3, -0.25) is 4.79 Å². The summed E-state index contributed by atoms with van der Waals surface area (Å²) in [5.41, 5.74) is 6.32. The van der Waals surface area contributed by atoms with E-state index in [2.05, 4.69) is 59.2 Å². The topological polar surface area (TPSA) is 59.0 Å². The summed E-state index contributed by atoms with van der Waals surface area (Å²) in [6, 6.07) is 9.02. The van der Waals surface area contributed by atoms with Gasteiger partial charge in [-0.05, 0) is 105 Å². The fraction of sp³-hybridized carbons (Fsp3) is 0.606. The molecule has 1 saturated heterocycles. The van der Waals surface area contributed by atoms with Gasteiger partial charge in [-0.1, -0.05) is 41.8 Å². The Kier molecular flexibility index (Phi) is 6.59. The van der Waals surface area contributed by atoms with E-state index in [1.807, 2.05) is 6.92 Å². The summed E-state index contributed by atoms with van der Waals surface area (Å²) in [6.07, 6.45) is 8.87. The molecule has 2 unspecified atom stereocenters. The Bertz CT molecular complexity index is 1250. The van der Waals surface area contributed by atoms with Gasteiger partial charge in [0, 0.05) is 24.7 Å². The van der Waals surface area contributed by atoms with Crippen LogP contribution in [-0.4, -0.2) is 38.1 Å². The first-order chi connectivity index (χ1) is 18.4. The number of carbonyl (C=O) groups is 1. The van der Waals surface area contributed by atoms with Crippen LogP contribution in [0.4, 0.5) is 5.69 Å². The van der Waals surface area contributed by atoms with Crippen molar-refractivity contribution in [1.29, 1.82) is 0 Å². The molecule has 0 amide bonds. The zero-order valence-corrected chi connectivity index (χ0v) is 23.1. The average Bonchev–Trinajstić information content (AvgIpc) is 3.25. The molecule has 1 heterocycles. The van der Waals surface area contributed by atoms with E-state index in [1.165, 1.54) is 22.4 Å². The second-order valence-corrected chi connectivity index (χ2v) is 12.3. The van der Waals surface area contributed by atoms with Gasteiger partial charge in [0.2, 0.25) is 0 Å². The Labute approximate surface area is 227 Å². The number of ether oxygens (including phenoxy) is 1. The number of fused-ring (bicyclic) bond motifs is 4. The number of allylic oxidation sites excluding steroid dienone is 3. The molecule has 200 valence electrons. The second-order valence-electron chi connectivity index (χ2n) is 12.3. The van der Waals surface area contributed by atoms with E-state index >= 15 is 0 Å². The number of carbonyl (C=O) groups excluding carboxylic acids is 1. The number of nitrogens with zero attached hydrogens (tertiary/aromatic N) is 2. The van der Waals surface area contributed by atoms with E-state index in [4.69, 9.17) is 4.74 Å². The molecule has 2 saturated carbocycles. The molecular weight excluding hydrogens is 472 g/mol. The highest BCUT2D eigenvalue weighted by Crippen LogP contribution is 2.69. The zero-order chi connectivity index (χ0) is 26.5. The molecule has 6 rings (SSSR count). The molecule has 0 N–H and O–H groups in total. The van der Waals surface area contributed by atoms with Crippen LogP contribution in [0.25, 0.3) is 0 Å². The molecular formula is C33H40N2O3. The van der Waals surface area contributed by atoms with Gasteiger partial charge in [-0.25, -0.2) is 0 Å². The molecule has 4 aliphatic carbocycles. The summed E-state index contributed by atoms with van der Waals surface area (Å²) >= 11 is 0. The van der Waals surface area contributed by atoms with E-state index in [0.717, 1.165) is 71.2 Å². The summed E-state index contributed by atoms with van der Waals surface area (Å²) in [6.45, 7) is 9.45. The molecule has 5 nitrogen and oxygen atoms in total. The molecule has 5 aliphatic rings. The van der Waals surface area contributed by atoms with E-state index in [0.29, 0.717) is 11.8 Å². The molecule has 6 atom stereocenters. The average molecular weight is 513 g/mol. The number of morpholine rings is 1. The quantitative estimate of drug-likeness (QED) is 0.337. The van der Waals surface area contributed by atoms with Crippen LogP contribution in [0.3, 0.4) is 0 Å². The van der Waals surface area contributed by atoms with Gasteiger partial charge in [-0.2, -0.15) is 4.91 Å². The largest absolute Gasteiger partial charge is 0.378 e. The number of hydrogen-bond acceptors (Lipinski definition) is 5. The van der Waals surface area contributed by atoms with Crippen LogP contribution in [0.5, 0.6) is 0 Å². The lowest BCUT2D eigenvalue weighted by Gasteiger charge is -2.54. The van der Waals surface area contributed by atoms with Crippen LogP contribution in [0.2, 0.25) is 0 Å². The molecule has 38 heavy (non-hydrogen) atoms. The number of rotatable bonds is 4. The Morgan fingerprint density at radius 3 is 2.55 bits per heavy atom. The molecule has 0 aromatic heterocycles. The Morgan fingerprint density at radius 1 is 1.11 bits per heavy atom. The molecule has 5 heteroatoms. The van der Waals surface area contributed by atoms with E-state index in [1.54, 1.807) is 12.5 Å². The number of hydrogen-bond donors (Lipinski definition) is 0. The molecule has 1 aromatic carbocycles. The molecule has 1 aliphatic heterocycles. The van der Waals surface area contributed by atoms with Crippen LogP contribution in [-0.2, 0) is 9.53 Å². The van der Waals surface area contributed by atoms with Crippen molar-refractivity contribution in [2.45, 2.75) is 77.7 Å². The predicted octanol–water partition coefficient (Wildman–Crippen LogP) is 6.59. The molecule has 1 aromatic rings. The van der Waals surface area contributed by atoms with E-state index < -0.39 is 5.41 Å². The minimum absolute atomic E-state index is 0.160. The smallest absolute Gasteiger partial charge is 0.148 e. The van der Waals surface area contributed by atoms with Crippen molar-refractivity contribution in [1.82, 2.24) is 0 Å². The zero-order valence-electron chi connectivity index (χ0n) is 23.1. The maximum absolute atomic E-state index is 13.4. The second kappa shape index (κ2) is 9.79. The first-order valence-electron chi connectivity index (χ1n) is 14.6. The highest BCUT2D eigenvalue weighted by atomic mass is 16.5. The summed E-state index contributed by atoms with van der Waals surface area (Å²) in [4.78, 5) is 27.1. The number of Topliss-reactive ketones (excluding diaryl/α,β-unsaturated/α-hetero) is 1. The fourth-order valence-corrected chi connectivity index (χ4v) is 9.01. The lowest BCUT2D eigenvalue weighted by Crippen LogP contribution is -2.50. The van der Waals surface area contributed by atoms with Crippen LogP contribution in [0.15, 0.2) is 52.2 Å². The SMILES string of the molecule is CC#C[C@]1(C(C)=O)CC[C@H]2[C@@H]3CCC4=CC(N=O)CCC4=C3C(c3ccc(N4CCOCC4)cc3)C[C@@]21C. The van der Waals surface area contributed by atoms with Crippen molar-refractivity contribution in [2.24, 2.45) is 27.8 Å².